The molecule has 1 aromatic rings. The van der Waals surface area contributed by atoms with Crippen LogP contribution in [0.3, 0.4) is 0 Å². The van der Waals surface area contributed by atoms with Gasteiger partial charge in [0, 0.05) is 29.6 Å². The fraction of sp³-hybridized carbons (Fsp3) is 0.462. The lowest BCUT2D eigenvalue weighted by Crippen LogP contribution is -2.24. The first kappa shape index (κ1) is 16.2. The third kappa shape index (κ3) is 4.99. The van der Waals surface area contributed by atoms with Gasteiger partial charge in [0.2, 0.25) is 0 Å². The molecule has 4 nitrogen and oxygen atoms in total. The third-order valence-corrected chi connectivity index (χ3v) is 2.98. The summed E-state index contributed by atoms with van der Waals surface area (Å²) in [5.41, 5.74) is 0.692. The van der Waals surface area contributed by atoms with Gasteiger partial charge in [-0.15, -0.1) is 0 Å². The van der Waals surface area contributed by atoms with E-state index in [4.69, 9.17) is 37.4 Å². The molecule has 0 saturated heterocycles. The molecule has 1 aromatic carbocycles. The zero-order valence-electron chi connectivity index (χ0n) is 11.0. The molecule has 0 aliphatic rings. The van der Waals surface area contributed by atoms with Crippen LogP contribution < -0.4 is 0 Å². The number of carbonyl (C=O) groups excluding carboxylic acids is 1. The molecule has 0 heterocycles. The van der Waals surface area contributed by atoms with E-state index in [9.17, 15) is 4.79 Å². The molecule has 0 spiro atoms. The summed E-state index contributed by atoms with van der Waals surface area (Å²) in [4.78, 5) is 11.0. The quantitative estimate of drug-likeness (QED) is 0.595. The summed E-state index contributed by atoms with van der Waals surface area (Å²) in [6.07, 6.45) is -1.01. The minimum absolute atomic E-state index is 0.0647. The van der Waals surface area contributed by atoms with Gasteiger partial charge >= 0.3 is 5.97 Å². The van der Waals surface area contributed by atoms with Crippen LogP contribution in [0.1, 0.15) is 25.5 Å². The monoisotopic (exact) mass is 306 g/mol. The van der Waals surface area contributed by atoms with Crippen LogP contribution in [-0.2, 0) is 19.0 Å². The Bertz CT molecular complexity index is 437. The van der Waals surface area contributed by atoms with Crippen LogP contribution in [-0.4, -0.2) is 26.0 Å². The van der Waals surface area contributed by atoms with Gasteiger partial charge in [0.25, 0.3) is 0 Å². The van der Waals surface area contributed by atoms with Crippen molar-refractivity contribution in [2.24, 2.45) is 0 Å². The van der Waals surface area contributed by atoms with Gasteiger partial charge in [-0.25, -0.2) is 0 Å². The number of halogens is 2. The lowest BCUT2D eigenvalue weighted by atomic mass is 10.1. The normalized spacial score (nSPS) is 13.9. The topological polar surface area (TPSA) is 44.8 Å². The van der Waals surface area contributed by atoms with E-state index in [1.54, 1.807) is 25.1 Å². The Labute approximate surface area is 122 Å². The Kier molecular flexibility index (Phi) is 6.58. The lowest BCUT2D eigenvalue weighted by Gasteiger charge is -2.25. The number of rotatable bonds is 6. The van der Waals surface area contributed by atoms with Crippen molar-refractivity contribution in [2.75, 3.05) is 13.9 Å². The standard InChI is InChI=1S/C13H16Cl2O4/c1-8(19-9(2)16)13(18-7-17-3)11-5-4-10(14)6-12(11)15/h4-6,8,13H,7H2,1-3H3. The Morgan fingerprint density at radius 2 is 2.05 bits per heavy atom. The summed E-state index contributed by atoms with van der Waals surface area (Å²) < 4.78 is 15.6. The molecular formula is C13H16Cl2O4. The van der Waals surface area contributed by atoms with Gasteiger partial charge in [0.1, 0.15) is 19.0 Å². The molecule has 106 valence electrons. The first-order chi connectivity index (χ1) is 8.95. The van der Waals surface area contributed by atoms with Crippen LogP contribution in [0.25, 0.3) is 0 Å². The second-order valence-corrected chi connectivity index (χ2v) is 4.82. The van der Waals surface area contributed by atoms with Crippen molar-refractivity contribution in [3.05, 3.63) is 33.8 Å². The fourth-order valence-corrected chi connectivity index (χ4v) is 2.19. The molecule has 19 heavy (non-hydrogen) atoms. The number of methoxy groups -OCH3 is 1. The second-order valence-electron chi connectivity index (χ2n) is 3.97. The van der Waals surface area contributed by atoms with E-state index < -0.39 is 12.2 Å². The summed E-state index contributed by atoms with van der Waals surface area (Å²) in [5, 5.41) is 0.979. The fourth-order valence-electron chi connectivity index (χ4n) is 1.68. The number of ether oxygens (including phenoxy) is 3. The zero-order chi connectivity index (χ0) is 14.4. The van der Waals surface area contributed by atoms with Crippen molar-refractivity contribution in [3.63, 3.8) is 0 Å². The van der Waals surface area contributed by atoms with Gasteiger partial charge in [0.15, 0.2) is 0 Å². The number of hydrogen-bond donors (Lipinski definition) is 0. The molecular weight excluding hydrogens is 291 g/mol. The average Bonchev–Trinajstić information content (AvgIpc) is 2.31. The molecule has 0 fully saturated rings. The highest BCUT2D eigenvalue weighted by atomic mass is 35.5. The first-order valence-electron chi connectivity index (χ1n) is 5.68. The van der Waals surface area contributed by atoms with Crippen LogP contribution in [0, 0.1) is 0 Å². The molecule has 0 bridgehead atoms. The van der Waals surface area contributed by atoms with E-state index >= 15 is 0 Å². The predicted molar refractivity (Wildman–Crippen MR) is 73.4 cm³/mol. The summed E-state index contributed by atoms with van der Waals surface area (Å²) in [6.45, 7) is 3.13. The Hall–Kier alpha value is -0.810. The molecule has 0 aromatic heterocycles. The van der Waals surface area contributed by atoms with Crippen molar-refractivity contribution in [1.29, 1.82) is 0 Å². The number of carbonyl (C=O) groups is 1. The summed E-state index contributed by atoms with van der Waals surface area (Å²) in [6, 6.07) is 5.06. The van der Waals surface area contributed by atoms with Crippen LogP contribution in [0.2, 0.25) is 10.0 Å². The molecule has 0 aliphatic carbocycles. The molecule has 2 atom stereocenters. The van der Waals surface area contributed by atoms with Gasteiger partial charge in [-0.1, -0.05) is 29.3 Å². The highest BCUT2D eigenvalue weighted by molar-refractivity contribution is 6.35. The molecule has 0 aliphatic heterocycles. The minimum Gasteiger partial charge on any atom is -0.460 e. The highest BCUT2D eigenvalue weighted by Crippen LogP contribution is 2.31. The van der Waals surface area contributed by atoms with E-state index in [1.807, 2.05) is 0 Å². The molecule has 6 heteroatoms. The van der Waals surface area contributed by atoms with Crippen molar-refractivity contribution < 1.29 is 19.0 Å². The van der Waals surface area contributed by atoms with Gasteiger partial charge in [-0.3, -0.25) is 4.79 Å². The first-order valence-corrected chi connectivity index (χ1v) is 6.44. The largest absolute Gasteiger partial charge is 0.460 e. The van der Waals surface area contributed by atoms with Crippen molar-refractivity contribution in [2.45, 2.75) is 26.1 Å². The van der Waals surface area contributed by atoms with Crippen LogP contribution >= 0.6 is 23.2 Å². The van der Waals surface area contributed by atoms with Gasteiger partial charge in [-0.2, -0.15) is 0 Å². The maximum atomic E-state index is 11.0. The van der Waals surface area contributed by atoms with E-state index in [1.165, 1.54) is 14.0 Å². The maximum Gasteiger partial charge on any atom is 0.302 e. The van der Waals surface area contributed by atoms with E-state index in [0.29, 0.717) is 15.6 Å². The minimum atomic E-state index is -0.520. The summed E-state index contributed by atoms with van der Waals surface area (Å²) >= 11 is 12.0. The third-order valence-electron chi connectivity index (χ3n) is 2.41. The number of esters is 1. The molecule has 2 unspecified atom stereocenters. The maximum absolute atomic E-state index is 11.0. The second kappa shape index (κ2) is 7.70. The van der Waals surface area contributed by atoms with Crippen LogP contribution in [0.4, 0.5) is 0 Å². The summed E-state index contributed by atoms with van der Waals surface area (Å²) in [7, 11) is 1.51. The van der Waals surface area contributed by atoms with E-state index in [-0.39, 0.29) is 12.8 Å². The van der Waals surface area contributed by atoms with Crippen LogP contribution in [0.5, 0.6) is 0 Å². The van der Waals surface area contributed by atoms with Crippen molar-refractivity contribution in [1.82, 2.24) is 0 Å². The molecule has 0 N–H and O–H groups in total. The summed E-state index contributed by atoms with van der Waals surface area (Å²) in [5.74, 6) is -0.386. The Morgan fingerprint density at radius 3 is 2.58 bits per heavy atom. The predicted octanol–water partition coefficient (Wildman–Crippen LogP) is 3.61. The van der Waals surface area contributed by atoms with Crippen molar-refractivity contribution in [3.8, 4) is 0 Å². The SMILES string of the molecule is COCOC(c1ccc(Cl)cc1Cl)C(C)OC(C)=O. The lowest BCUT2D eigenvalue weighted by molar-refractivity contribution is -0.161. The Balaban J connectivity index is 2.97. The van der Waals surface area contributed by atoms with Crippen LogP contribution in [0.15, 0.2) is 18.2 Å². The molecule has 0 saturated carbocycles. The average molecular weight is 307 g/mol. The van der Waals surface area contributed by atoms with E-state index in [2.05, 4.69) is 0 Å². The van der Waals surface area contributed by atoms with E-state index in [0.717, 1.165) is 0 Å². The molecule has 0 amide bonds. The van der Waals surface area contributed by atoms with Gasteiger partial charge in [-0.05, 0) is 19.1 Å². The zero-order valence-corrected chi connectivity index (χ0v) is 12.5. The number of benzene rings is 1. The van der Waals surface area contributed by atoms with Gasteiger partial charge in [0.05, 0.1) is 0 Å². The smallest absolute Gasteiger partial charge is 0.302 e. The highest BCUT2D eigenvalue weighted by Gasteiger charge is 2.25. The number of hydrogen-bond acceptors (Lipinski definition) is 4. The molecule has 1 rings (SSSR count). The Morgan fingerprint density at radius 1 is 1.37 bits per heavy atom. The van der Waals surface area contributed by atoms with Gasteiger partial charge < -0.3 is 14.2 Å². The van der Waals surface area contributed by atoms with Crippen molar-refractivity contribution >= 4 is 29.2 Å². The molecule has 0 radical (unpaired) electrons.